The van der Waals surface area contributed by atoms with Gasteiger partial charge in [-0.2, -0.15) is 0 Å². The molecule has 0 spiro atoms. The van der Waals surface area contributed by atoms with Gasteiger partial charge < -0.3 is 24.2 Å². The Balaban J connectivity index is 1.23. The van der Waals surface area contributed by atoms with Crippen LogP contribution in [0.4, 0.5) is 0 Å². The lowest BCUT2D eigenvalue weighted by atomic mass is 9.91. The van der Waals surface area contributed by atoms with Crippen molar-refractivity contribution in [3.8, 4) is 11.5 Å². The summed E-state index contributed by atoms with van der Waals surface area (Å²) in [6.45, 7) is 15.8. The minimum Gasteiger partial charge on any atom is -0.497 e. The average Bonchev–Trinajstić information content (AvgIpc) is 3.22. The summed E-state index contributed by atoms with van der Waals surface area (Å²) in [5.41, 5.74) is 3.06. The van der Waals surface area contributed by atoms with E-state index in [-0.39, 0.29) is 29.8 Å². The van der Waals surface area contributed by atoms with Crippen molar-refractivity contribution in [3.05, 3.63) is 78.1 Å². The monoisotopic (exact) mass is 492 g/mol. The number of aliphatic hydroxyl groups is 1. The Morgan fingerprint density at radius 2 is 1.89 bits per heavy atom. The predicted molar refractivity (Wildman–Crippen MR) is 140 cm³/mol. The first-order valence-corrected chi connectivity index (χ1v) is 12.3. The minimum atomic E-state index is -0.267. The van der Waals surface area contributed by atoms with Crippen molar-refractivity contribution < 1.29 is 24.1 Å². The molecule has 36 heavy (non-hydrogen) atoms. The van der Waals surface area contributed by atoms with Crippen molar-refractivity contribution in [3.63, 3.8) is 0 Å². The number of aryl methyl sites for hydroxylation is 1. The first kappa shape index (κ1) is 25.8. The van der Waals surface area contributed by atoms with Crippen molar-refractivity contribution in [1.82, 2.24) is 9.80 Å². The van der Waals surface area contributed by atoms with Gasteiger partial charge in [0.15, 0.2) is 5.76 Å². The molecular weight excluding hydrogens is 456 g/mol. The Bertz CT molecular complexity index is 1120. The zero-order valence-corrected chi connectivity index (χ0v) is 21.5. The van der Waals surface area contributed by atoms with E-state index >= 15 is 0 Å². The predicted octanol–water partition coefficient (Wildman–Crippen LogP) is 4.00. The van der Waals surface area contributed by atoms with E-state index in [1.54, 1.807) is 24.1 Å². The highest BCUT2D eigenvalue weighted by molar-refractivity contribution is 5.92. The van der Waals surface area contributed by atoms with Crippen LogP contribution in [-0.4, -0.2) is 66.8 Å². The van der Waals surface area contributed by atoms with Gasteiger partial charge >= 0.3 is 0 Å². The quantitative estimate of drug-likeness (QED) is 0.399. The molecule has 0 aromatic heterocycles. The number of carbonyl (C=O) groups excluding carboxylic acids is 1. The molecule has 1 amide bonds. The van der Waals surface area contributed by atoms with Crippen LogP contribution in [0.25, 0.3) is 5.76 Å². The van der Waals surface area contributed by atoms with Crippen LogP contribution in [0.2, 0.25) is 0 Å². The first-order chi connectivity index (χ1) is 17.2. The fourth-order valence-electron chi connectivity index (χ4n) is 4.65. The minimum absolute atomic E-state index is 0.00485. The van der Waals surface area contributed by atoms with Crippen molar-refractivity contribution >= 4 is 11.7 Å². The number of ether oxygens (including phenoxy) is 3. The van der Waals surface area contributed by atoms with Gasteiger partial charge in [0.05, 0.1) is 20.2 Å². The molecule has 1 N–H and O–H groups in total. The van der Waals surface area contributed by atoms with Crippen molar-refractivity contribution in [2.24, 2.45) is 5.41 Å². The summed E-state index contributed by atoms with van der Waals surface area (Å²) in [6, 6.07) is 13.5. The molecule has 2 aromatic rings. The van der Waals surface area contributed by atoms with Crippen LogP contribution in [0, 0.1) is 12.3 Å². The Labute approximate surface area is 213 Å². The van der Waals surface area contributed by atoms with E-state index in [1.165, 1.54) is 5.56 Å². The van der Waals surface area contributed by atoms with Crippen LogP contribution in [-0.2, 0) is 16.1 Å². The number of carbonyl (C=O) groups is 1. The van der Waals surface area contributed by atoms with Crippen molar-refractivity contribution in [2.75, 3.05) is 39.9 Å². The summed E-state index contributed by atoms with van der Waals surface area (Å²) in [7, 11) is 1.60. The summed E-state index contributed by atoms with van der Waals surface area (Å²) < 4.78 is 16.9. The highest BCUT2D eigenvalue weighted by Crippen LogP contribution is 2.31. The third-order valence-electron chi connectivity index (χ3n) is 6.99. The maximum absolute atomic E-state index is 12.7. The van der Waals surface area contributed by atoms with Gasteiger partial charge in [0.25, 0.3) is 5.91 Å². The molecule has 192 valence electrons. The summed E-state index contributed by atoms with van der Waals surface area (Å²) in [4.78, 5) is 16.7. The van der Waals surface area contributed by atoms with Gasteiger partial charge in [-0.1, -0.05) is 32.2 Å². The third kappa shape index (κ3) is 5.91. The molecule has 2 saturated heterocycles. The van der Waals surface area contributed by atoms with E-state index in [9.17, 15) is 9.90 Å². The largest absolute Gasteiger partial charge is 0.497 e. The molecular formula is C29H36N2O5. The molecule has 2 fully saturated rings. The van der Waals surface area contributed by atoms with Gasteiger partial charge in [0, 0.05) is 30.7 Å². The second-order valence-electron chi connectivity index (χ2n) is 10.2. The van der Waals surface area contributed by atoms with Crippen LogP contribution < -0.4 is 9.47 Å². The molecule has 4 rings (SSSR count). The first-order valence-electron chi connectivity index (χ1n) is 12.3. The summed E-state index contributed by atoms with van der Waals surface area (Å²) in [6.07, 6.45) is 0.952. The Kier molecular flexibility index (Phi) is 7.71. The van der Waals surface area contributed by atoms with Crippen LogP contribution in [0.5, 0.6) is 11.5 Å². The topological polar surface area (TPSA) is 71.5 Å². The molecule has 1 unspecified atom stereocenters. The van der Waals surface area contributed by atoms with Gasteiger partial charge in [0.1, 0.15) is 23.4 Å². The van der Waals surface area contributed by atoms with Gasteiger partial charge in [-0.3, -0.25) is 9.69 Å². The lowest BCUT2D eigenvalue weighted by Gasteiger charge is -2.39. The van der Waals surface area contributed by atoms with Crippen molar-refractivity contribution in [1.29, 1.82) is 0 Å². The molecule has 1 atom stereocenters. The molecule has 2 aliphatic rings. The molecule has 0 saturated carbocycles. The normalized spacial score (nSPS) is 20.1. The lowest BCUT2D eigenvalue weighted by molar-refractivity contribution is -0.138. The van der Waals surface area contributed by atoms with Crippen molar-refractivity contribution in [2.45, 2.75) is 32.9 Å². The summed E-state index contributed by atoms with van der Waals surface area (Å²) >= 11 is 0. The molecule has 7 nitrogen and oxygen atoms in total. The smallest absolute Gasteiger partial charge is 0.289 e. The molecule has 2 aliphatic heterocycles. The number of likely N-dealkylation sites (tertiary alicyclic amines) is 2. The SMILES string of the molecule is C=C(OC(=C)c1ccc(OC)cc1)C(=O)N1CC(Oc2ccc(CN3CCC(C)(CO)C3)cc2C)C1. The fourth-order valence-corrected chi connectivity index (χ4v) is 4.65. The van der Waals surface area contributed by atoms with E-state index in [0.717, 1.165) is 48.7 Å². The maximum Gasteiger partial charge on any atom is 0.289 e. The molecule has 2 aromatic carbocycles. The molecule has 7 heteroatoms. The summed E-state index contributed by atoms with van der Waals surface area (Å²) in [5.74, 6) is 1.69. The average molecular weight is 493 g/mol. The van der Waals surface area contributed by atoms with Crippen LogP contribution in [0.1, 0.15) is 30.0 Å². The summed E-state index contributed by atoms with van der Waals surface area (Å²) in [5, 5.41) is 9.60. The molecule has 0 radical (unpaired) electrons. The standard InChI is InChI=1S/C29H36N2O5/c1-20-14-23(15-30-13-12-29(4,18-30)19-32)6-11-27(20)36-26-16-31(17-26)28(33)22(3)35-21(2)24-7-9-25(34-5)10-8-24/h6-11,14,26,32H,2-3,12-13,15-19H2,1,4-5H3. The molecule has 0 aliphatic carbocycles. The second-order valence-corrected chi connectivity index (χ2v) is 10.2. The van der Waals surface area contributed by atoms with Gasteiger partial charge in [-0.25, -0.2) is 0 Å². The van der Waals surface area contributed by atoms with Gasteiger partial charge in [-0.15, -0.1) is 0 Å². The highest BCUT2D eigenvalue weighted by Gasteiger charge is 2.35. The van der Waals surface area contributed by atoms with E-state index in [4.69, 9.17) is 14.2 Å². The number of nitrogens with zero attached hydrogens (tertiary/aromatic N) is 2. The lowest BCUT2D eigenvalue weighted by Crippen LogP contribution is -2.56. The number of methoxy groups -OCH3 is 1. The molecule has 2 heterocycles. The van der Waals surface area contributed by atoms with Crippen LogP contribution in [0.3, 0.4) is 0 Å². The Morgan fingerprint density at radius 3 is 2.50 bits per heavy atom. The number of rotatable bonds is 10. The second kappa shape index (κ2) is 10.8. The van der Waals surface area contributed by atoms with E-state index in [2.05, 4.69) is 37.1 Å². The number of aliphatic hydroxyl groups excluding tert-OH is 1. The van der Waals surface area contributed by atoms with Crippen LogP contribution in [0.15, 0.2) is 61.4 Å². The highest BCUT2D eigenvalue weighted by atomic mass is 16.5. The number of hydrogen-bond donors (Lipinski definition) is 1. The number of amides is 1. The molecule has 0 bridgehead atoms. The van der Waals surface area contributed by atoms with Crippen LogP contribution >= 0.6 is 0 Å². The zero-order chi connectivity index (χ0) is 25.9. The van der Waals surface area contributed by atoms with E-state index in [1.807, 2.05) is 25.1 Å². The maximum atomic E-state index is 12.7. The Morgan fingerprint density at radius 1 is 1.17 bits per heavy atom. The number of benzene rings is 2. The van der Waals surface area contributed by atoms with E-state index in [0.29, 0.717) is 18.8 Å². The van der Waals surface area contributed by atoms with Gasteiger partial charge in [-0.05, 0) is 61.3 Å². The van der Waals surface area contributed by atoms with Gasteiger partial charge in [0.2, 0.25) is 0 Å². The fraction of sp³-hybridized carbons (Fsp3) is 0.414. The number of hydrogen-bond acceptors (Lipinski definition) is 6. The van der Waals surface area contributed by atoms with E-state index < -0.39 is 0 Å². The third-order valence-corrected chi connectivity index (χ3v) is 6.99. The Hall–Kier alpha value is -3.29. The zero-order valence-electron chi connectivity index (χ0n) is 21.5.